The summed E-state index contributed by atoms with van der Waals surface area (Å²) in [4.78, 5) is 22.2. The molecule has 2 aromatic heterocycles. The lowest BCUT2D eigenvalue weighted by Crippen LogP contribution is -2.31. The molecule has 0 bridgehead atoms. The normalized spacial score (nSPS) is 11.8. The summed E-state index contributed by atoms with van der Waals surface area (Å²) in [6, 6.07) is 14.6. The molecule has 0 atom stereocenters. The van der Waals surface area contributed by atoms with Gasteiger partial charge < -0.3 is 19.0 Å². The zero-order valence-electron chi connectivity index (χ0n) is 21.0. The van der Waals surface area contributed by atoms with E-state index in [0.717, 1.165) is 5.56 Å². The van der Waals surface area contributed by atoms with Crippen LogP contribution in [0.3, 0.4) is 0 Å². The van der Waals surface area contributed by atoms with E-state index in [0.29, 0.717) is 23.0 Å². The summed E-state index contributed by atoms with van der Waals surface area (Å²) in [5, 5.41) is 18.4. The molecule has 0 radical (unpaired) electrons. The highest BCUT2D eigenvalue weighted by Gasteiger charge is 2.17. The van der Waals surface area contributed by atoms with E-state index in [1.54, 1.807) is 25.2 Å². The van der Waals surface area contributed by atoms with Crippen molar-refractivity contribution < 1.29 is 23.8 Å². The molecule has 2 heterocycles. The number of carbonyl (C=O) groups excluding carboxylic acids is 1. The minimum absolute atomic E-state index is 0.0543. The van der Waals surface area contributed by atoms with Crippen LogP contribution in [0.25, 0.3) is 0 Å². The van der Waals surface area contributed by atoms with Gasteiger partial charge in [-0.25, -0.2) is 14.5 Å². The van der Waals surface area contributed by atoms with E-state index in [1.165, 1.54) is 4.68 Å². The number of ether oxygens (including phenoxy) is 3. The first-order valence-electron chi connectivity index (χ1n) is 11.5. The molecule has 0 saturated heterocycles. The highest BCUT2D eigenvalue weighted by molar-refractivity contribution is 6.10. The summed E-state index contributed by atoms with van der Waals surface area (Å²) >= 11 is 0. The second-order valence-corrected chi connectivity index (χ2v) is 8.24. The van der Waals surface area contributed by atoms with Crippen LogP contribution in [0.1, 0.15) is 44.8 Å². The van der Waals surface area contributed by atoms with E-state index in [1.807, 2.05) is 58.0 Å². The average molecular weight is 498 g/mol. The first-order chi connectivity index (χ1) is 17.3. The van der Waals surface area contributed by atoms with Crippen molar-refractivity contribution in [1.82, 2.24) is 25.2 Å². The van der Waals surface area contributed by atoms with E-state index in [4.69, 9.17) is 19.0 Å². The molecule has 3 aromatic rings. The number of aromatic nitrogens is 5. The van der Waals surface area contributed by atoms with Crippen molar-refractivity contribution in [3.05, 3.63) is 65.6 Å². The standard InChI is InChI=1S/C24H31N7O5/c1-16(2)35-21(36-17(3)4)15-33-24(32)26-20-13-9-12-19(25-20)14-34-28-22(18-10-7-6-8-11-18)23-27-29-30-31(23)5/h6-13,16-17,21H,14-15H2,1-5H3,(H,25,26,32). The van der Waals surface area contributed by atoms with E-state index < -0.39 is 12.4 Å². The molecular formula is C24H31N7O5. The van der Waals surface area contributed by atoms with Crippen LogP contribution < -0.4 is 5.32 Å². The summed E-state index contributed by atoms with van der Waals surface area (Å²) in [7, 11) is 1.72. The number of hydrogen-bond acceptors (Lipinski definition) is 10. The number of benzene rings is 1. The largest absolute Gasteiger partial charge is 0.444 e. The van der Waals surface area contributed by atoms with Gasteiger partial charge in [-0.1, -0.05) is 41.6 Å². The lowest BCUT2D eigenvalue weighted by atomic mass is 10.1. The number of anilines is 1. The molecule has 1 N–H and O–H groups in total. The molecule has 0 unspecified atom stereocenters. The molecule has 0 aliphatic heterocycles. The third kappa shape index (κ3) is 8.40. The van der Waals surface area contributed by atoms with Crippen molar-refractivity contribution in [2.75, 3.05) is 11.9 Å². The van der Waals surface area contributed by atoms with Crippen molar-refractivity contribution in [3.63, 3.8) is 0 Å². The van der Waals surface area contributed by atoms with Gasteiger partial charge in [0.05, 0.1) is 17.9 Å². The van der Waals surface area contributed by atoms with E-state index in [-0.39, 0.29) is 25.4 Å². The Bertz CT molecular complexity index is 1120. The van der Waals surface area contributed by atoms with Gasteiger partial charge in [-0.15, -0.1) is 5.10 Å². The summed E-state index contributed by atoms with van der Waals surface area (Å²) in [5.74, 6) is 0.755. The molecule has 0 aliphatic rings. The highest BCUT2D eigenvalue weighted by atomic mass is 16.7. The number of rotatable bonds is 12. The predicted molar refractivity (Wildman–Crippen MR) is 131 cm³/mol. The third-order valence-corrected chi connectivity index (χ3v) is 4.48. The highest BCUT2D eigenvalue weighted by Crippen LogP contribution is 2.11. The summed E-state index contributed by atoms with van der Waals surface area (Å²) in [5.41, 5.74) is 1.81. The Labute approximate surface area is 209 Å². The van der Waals surface area contributed by atoms with Gasteiger partial charge in [-0.05, 0) is 50.3 Å². The van der Waals surface area contributed by atoms with Crippen LogP contribution in [0.15, 0.2) is 53.7 Å². The van der Waals surface area contributed by atoms with E-state index in [9.17, 15) is 4.79 Å². The molecule has 0 spiro atoms. The number of nitrogens with zero attached hydrogens (tertiary/aromatic N) is 6. The van der Waals surface area contributed by atoms with Gasteiger partial charge in [0.1, 0.15) is 12.4 Å². The quantitative estimate of drug-likeness (QED) is 0.227. The molecular weight excluding hydrogens is 466 g/mol. The molecule has 12 nitrogen and oxygen atoms in total. The predicted octanol–water partition coefficient (Wildman–Crippen LogP) is 3.30. The Morgan fingerprint density at radius 1 is 1.03 bits per heavy atom. The van der Waals surface area contributed by atoms with E-state index in [2.05, 4.69) is 31.0 Å². The minimum Gasteiger partial charge on any atom is -0.444 e. The van der Waals surface area contributed by atoms with Crippen LogP contribution in [0.4, 0.5) is 10.6 Å². The van der Waals surface area contributed by atoms with Gasteiger partial charge in [0.2, 0.25) is 5.82 Å². The van der Waals surface area contributed by atoms with Gasteiger partial charge in [0.25, 0.3) is 0 Å². The Balaban J connectivity index is 1.60. The minimum atomic E-state index is -0.676. The number of amides is 1. The molecule has 1 aromatic carbocycles. The Morgan fingerprint density at radius 3 is 2.39 bits per heavy atom. The summed E-state index contributed by atoms with van der Waals surface area (Å²) < 4.78 is 18.0. The van der Waals surface area contributed by atoms with Crippen LogP contribution in [0.2, 0.25) is 0 Å². The molecule has 0 fully saturated rings. The SMILES string of the molecule is CC(C)OC(COC(=O)Nc1cccc(CON=C(c2ccccc2)c2nnnn2C)n1)OC(C)C. The fraction of sp³-hybridized carbons (Fsp3) is 0.417. The van der Waals surface area contributed by atoms with Crippen molar-refractivity contribution in [2.45, 2.75) is 52.8 Å². The monoisotopic (exact) mass is 497 g/mol. The van der Waals surface area contributed by atoms with Gasteiger partial charge in [0, 0.05) is 12.6 Å². The lowest BCUT2D eigenvalue weighted by molar-refractivity contribution is -0.196. The third-order valence-electron chi connectivity index (χ3n) is 4.48. The number of pyridine rings is 1. The van der Waals surface area contributed by atoms with Crippen molar-refractivity contribution in [1.29, 1.82) is 0 Å². The maximum atomic E-state index is 12.3. The van der Waals surface area contributed by atoms with Crippen LogP contribution in [0, 0.1) is 0 Å². The maximum Gasteiger partial charge on any atom is 0.412 e. The second-order valence-electron chi connectivity index (χ2n) is 8.24. The maximum absolute atomic E-state index is 12.3. The second kappa shape index (κ2) is 13.3. The van der Waals surface area contributed by atoms with Crippen molar-refractivity contribution in [2.24, 2.45) is 12.2 Å². The lowest BCUT2D eigenvalue weighted by Gasteiger charge is -2.22. The van der Waals surface area contributed by atoms with Gasteiger partial charge >= 0.3 is 6.09 Å². The zero-order valence-corrected chi connectivity index (χ0v) is 21.0. The van der Waals surface area contributed by atoms with Gasteiger partial charge in [0.15, 0.2) is 18.6 Å². The van der Waals surface area contributed by atoms with E-state index >= 15 is 0 Å². The van der Waals surface area contributed by atoms with Crippen molar-refractivity contribution >= 4 is 17.6 Å². The first kappa shape index (κ1) is 26.7. The van der Waals surface area contributed by atoms with Crippen LogP contribution in [-0.2, 0) is 32.7 Å². The molecule has 192 valence electrons. The number of hydrogen-bond donors (Lipinski definition) is 1. The topological polar surface area (TPSA) is 135 Å². The first-order valence-corrected chi connectivity index (χ1v) is 11.5. The van der Waals surface area contributed by atoms with Crippen LogP contribution in [0.5, 0.6) is 0 Å². The van der Waals surface area contributed by atoms with Gasteiger partial charge in [-0.2, -0.15) is 0 Å². The zero-order chi connectivity index (χ0) is 25.9. The molecule has 1 amide bonds. The summed E-state index contributed by atoms with van der Waals surface area (Å²) in [6.07, 6.45) is -1.49. The van der Waals surface area contributed by atoms with Crippen LogP contribution in [-0.4, -0.2) is 62.1 Å². The number of carbonyl (C=O) groups is 1. The number of oxime groups is 1. The fourth-order valence-electron chi connectivity index (χ4n) is 3.04. The number of tetrazole rings is 1. The molecule has 3 rings (SSSR count). The molecule has 0 saturated carbocycles. The Kier molecular flexibility index (Phi) is 9.83. The smallest absolute Gasteiger partial charge is 0.412 e. The molecule has 12 heteroatoms. The Hall–Kier alpha value is -3.90. The van der Waals surface area contributed by atoms with Crippen LogP contribution >= 0.6 is 0 Å². The molecule has 0 aliphatic carbocycles. The molecule has 36 heavy (non-hydrogen) atoms. The number of aryl methyl sites for hydroxylation is 1. The summed E-state index contributed by atoms with van der Waals surface area (Å²) in [6.45, 7) is 7.52. The van der Waals surface area contributed by atoms with Gasteiger partial charge in [-0.3, -0.25) is 5.32 Å². The van der Waals surface area contributed by atoms with Crippen molar-refractivity contribution in [3.8, 4) is 0 Å². The number of nitrogens with one attached hydrogen (secondary N) is 1. The Morgan fingerprint density at radius 2 is 1.75 bits per heavy atom. The fourth-order valence-corrected chi connectivity index (χ4v) is 3.04. The average Bonchev–Trinajstić information content (AvgIpc) is 3.26.